The largest absolute Gasteiger partial charge is 0.487 e. The summed E-state index contributed by atoms with van der Waals surface area (Å²) < 4.78 is 17.6. The summed E-state index contributed by atoms with van der Waals surface area (Å²) in [5, 5.41) is 0. The van der Waals surface area contributed by atoms with Crippen molar-refractivity contribution in [3.8, 4) is 17.2 Å². The van der Waals surface area contributed by atoms with Gasteiger partial charge in [0.15, 0.2) is 11.5 Å². The lowest BCUT2D eigenvalue weighted by molar-refractivity contribution is 0.0415. The molecule has 1 aromatic rings. The van der Waals surface area contributed by atoms with Crippen molar-refractivity contribution in [1.29, 1.82) is 0 Å². The van der Waals surface area contributed by atoms with Gasteiger partial charge in [-0.05, 0) is 31.7 Å². The second-order valence-corrected chi connectivity index (χ2v) is 5.84. The molecule has 1 fully saturated rings. The van der Waals surface area contributed by atoms with E-state index >= 15 is 0 Å². The molecule has 0 bridgehead atoms. The Morgan fingerprint density at radius 2 is 1.68 bits per heavy atom. The summed E-state index contributed by atoms with van der Waals surface area (Å²) in [7, 11) is 0. The van der Waals surface area contributed by atoms with Gasteiger partial charge in [0.25, 0.3) is 0 Å². The molecule has 1 aromatic carbocycles. The molecule has 1 saturated carbocycles. The van der Waals surface area contributed by atoms with E-state index in [9.17, 15) is 0 Å². The predicted molar refractivity (Wildman–Crippen MR) is 70.8 cm³/mol. The number of hydrogen-bond donors (Lipinski definition) is 1. The number of nitrogens with two attached hydrogens (primary N) is 1. The third-order valence-corrected chi connectivity index (χ3v) is 4.51. The van der Waals surface area contributed by atoms with Crippen LogP contribution in [0.25, 0.3) is 0 Å². The van der Waals surface area contributed by atoms with E-state index in [1.807, 2.05) is 12.1 Å². The van der Waals surface area contributed by atoms with Crippen LogP contribution in [-0.4, -0.2) is 18.8 Å². The summed E-state index contributed by atoms with van der Waals surface area (Å²) in [5.74, 6) is 2.48. The predicted octanol–water partition coefficient (Wildman–Crippen LogP) is 2.55. The normalized spacial score (nSPS) is 26.9. The number of benzene rings is 1. The van der Waals surface area contributed by atoms with Crippen LogP contribution in [0.5, 0.6) is 17.2 Å². The SMILES string of the molecule is NC1CC2(CCCC2)Oc2cc3c(cc21)OCCO3. The van der Waals surface area contributed by atoms with E-state index in [-0.39, 0.29) is 11.6 Å². The van der Waals surface area contributed by atoms with Gasteiger partial charge in [0.05, 0.1) is 0 Å². The van der Waals surface area contributed by atoms with Crippen molar-refractivity contribution in [3.05, 3.63) is 17.7 Å². The van der Waals surface area contributed by atoms with Crippen LogP contribution in [0.3, 0.4) is 0 Å². The summed E-state index contributed by atoms with van der Waals surface area (Å²) in [6.07, 6.45) is 5.64. The van der Waals surface area contributed by atoms with Gasteiger partial charge in [-0.2, -0.15) is 0 Å². The number of hydrogen-bond acceptors (Lipinski definition) is 4. The van der Waals surface area contributed by atoms with E-state index in [0.717, 1.165) is 42.1 Å². The molecule has 0 amide bonds. The molecule has 1 unspecified atom stereocenters. The molecule has 0 saturated heterocycles. The summed E-state index contributed by atoms with van der Waals surface area (Å²) >= 11 is 0. The third-order valence-electron chi connectivity index (χ3n) is 4.51. The first-order valence-electron chi connectivity index (χ1n) is 7.14. The van der Waals surface area contributed by atoms with Crippen molar-refractivity contribution >= 4 is 0 Å². The fourth-order valence-electron chi connectivity index (χ4n) is 3.58. The van der Waals surface area contributed by atoms with Gasteiger partial charge < -0.3 is 19.9 Å². The van der Waals surface area contributed by atoms with Crippen molar-refractivity contribution in [2.24, 2.45) is 5.73 Å². The number of ether oxygens (including phenoxy) is 3. The highest BCUT2D eigenvalue weighted by Crippen LogP contribution is 2.49. The first kappa shape index (κ1) is 11.4. The second-order valence-electron chi connectivity index (χ2n) is 5.84. The van der Waals surface area contributed by atoms with Gasteiger partial charge in [-0.15, -0.1) is 0 Å². The molecule has 2 aliphatic heterocycles. The van der Waals surface area contributed by atoms with Gasteiger partial charge in [-0.25, -0.2) is 0 Å². The number of rotatable bonds is 0. The molecule has 19 heavy (non-hydrogen) atoms. The van der Waals surface area contributed by atoms with Gasteiger partial charge >= 0.3 is 0 Å². The maximum Gasteiger partial charge on any atom is 0.165 e. The van der Waals surface area contributed by atoms with Crippen molar-refractivity contribution in [2.75, 3.05) is 13.2 Å². The fraction of sp³-hybridized carbons (Fsp3) is 0.600. The monoisotopic (exact) mass is 261 g/mol. The Kier molecular flexibility index (Phi) is 2.42. The Morgan fingerprint density at radius 1 is 1.00 bits per heavy atom. The molecule has 4 rings (SSSR count). The third kappa shape index (κ3) is 1.77. The maximum atomic E-state index is 6.36. The zero-order valence-electron chi connectivity index (χ0n) is 11.0. The Hall–Kier alpha value is -1.42. The lowest BCUT2D eigenvalue weighted by atomic mass is 9.86. The Morgan fingerprint density at radius 3 is 2.42 bits per heavy atom. The summed E-state index contributed by atoms with van der Waals surface area (Å²) in [4.78, 5) is 0. The molecule has 0 radical (unpaired) electrons. The molecule has 2 heterocycles. The maximum absolute atomic E-state index is 6.36. The minimum absolute atomic E-state index is 0.0316. The summed E-state index contributed by atoms with van der Waals surface area (Å²) in [6, 6.07) is 4.00. The van der Waals surface area contributed by atoms with Crippen LogP contribution in [0.1, 0.15) is 43.7 Å². The Balaban J connectivity index is 1.75. The zero-order valence-corrected chi connectivity index (χ0v) is 11.0. The van der Waals surface area contributed by atoms with E-state index in [4.69, 9.17) is 19.9 Å². The average molecular weight is 261 g/mol. The first-order valence-corrected chi connectivity index (χ1v) is 7.14. The molecule has 1 aliphatic carbocycles. The van der Waals surface area contributed by atoms with E-state index in [1.165, 1.54) is 12.8 Å². The van der Waals surface area contributed by atoms with Crippen molar-refractivity contribution in [3.63, 3.8) is 0 Å². The smallest absolute Gasteiger partial charge is 0.165 e. The van der Waals surface area contributed by atoms with Crippen LogP contribution < -0.4 is 19.9 Å². The van der Waals surface area contributed by atoms with Crippen LogP contribution in [0, 0.1) is 0 Å². The fourth-order valence-corrected chi connectivity index (χ4v) is 3.58. The van der Waals surface area contributed by atoms with Gasteiger partial charge in [-0.3, -0.25) is 0 Å². The van der Waals surface area contributed by atoms with E-state index in [2.05, 4.69) is 0 Å². The molecular formula is C15H19NO3. The molecule has 2 N–H and O–H groups in total. The zero-order chi connectivity index (χ0) is 12.9. The van der Waals surface area contributed by atoms with E-state index in [0.29, 0.717) is 13.2 Å². The lowest BCUT2D eigenvalue weighted by Gasteiger charge is -2.39. The second kappa shape index (κ2) is 4.04. The van der Waals surface area contributed by atoms with Gasteiger partial charge in [-0.1, -0.05) is 0 Å². The van der Waals surface area contributed by atoms with E-state index < -0.39 is 0 Å². The van der Waals surface area contributed by atoms with E-state index in [1.54, 1.807) is 0 Å². The average Bonchev–Trinajstić information content (AvgIpc) is 2.85. The van der Waals surface area contributed by atoms with Crippen molar-refractivity contribution in [2.45, 2.75) is 43.7 Å². The minimum Gasteiger partial charge on any atom is -0.487 e. The molecular weight excluding hydrogens is 242 g/mol. The van der Waals surface area contributed by atoms with Crippen LogP contribution in [-0.2, 0) is 0 Å². The molecule has 102 valence electrons. The van der Waals surface area contributed by atoms with Gasteiger partial charge in [0.1, 0.15) is 24.6 Å². The standard InChI is InChI=1S/C15H19NO3/c16-11-9-15(3-1-2-4-15)19-12-8-14-13(7-10(11)12)17-5-6-18-14/h7-8,11H,1-6,9,16H2. The lowest BCUT2D eigenvalue weighted by Crippen LogP contribution is -2.40. The van der Waals surface area contributed by atoms with Crippen LogP contribution >= 0.6 is 0 Å². The topological polar surface area (TPSA) is 53.7 Å². The molecule has 0 aromatic heterocycles. The molecule has 3 aliphatic rings. The highest BCUT2D eigenvalue weighted by Gasteiger charge is 2.42. The summed E-state index contributed by atoms with van der Waals surface area (Å²) in [5.41, 5.74) is 7.38. The van der Waals surface area contributed by atoms with Crippen molar-refractivity contribution in [1.82, 2.24) is 0 Å². The molecule has 4 heteroatoms. The highest BCUT2D eigenvalue weighted by molar-refractivity contribution is 5.53. The summed E-state index contributed by atoms with van der Waals surface area (Å²) in [6.45, 7) is 1.20. The van der Waals surface area contributed by atoms with Crippen LogP contribution in [0.4, 0.5) is 0 Å². The quantitative estimate of drug-likeness (QED) is 0.779. The Labute approximate surface area is 112 Å². The first-order chi connectivity index (χ1) is 9.26. The van der Waals surface area contributed by atoms with Crippen LogP contribution in [0.2, 0.25) is 0 Å². The van der Waals surface area contributed by atoms with Gasteiger partial charge in [0.2, 0.25) is 0 Å². The minimum atomic E-state index is -0.0316. The molecule has 1 spiro atoms. The Bertz CT molecular complexity index is 508. The van der Waals surface area contributed by atoms with Crippen LogP contribution in [0.15, 0.2) is 12.1 Å². The molecule has 4 nitrogen and oxygen atoms in total. The molecule has 1 atom stereocenters. The van der Waals surface area contributed by atoms with Crippen molar-refractivity contribution < 1.29 is 14.2 Å². The number of fused-ring (bicyclic) bond motifs is 2. The highest BCUT2D eigenvalue weighted by atomic mass is 16.6. The van der Waals surface area contributed by atoms with Gasteiger partial charge in [0, 0.05) is 24.1 Å².